The van der Waals surface area contributed by atoms with Gasteiger partial charge in [-0.1, -0.05) is 18.5 Å². The molecule has 1 aliphatic rings. The second-order valence-corrected chi connectivity index (χ2v) is 4.18. The lowest BCUT2D eigenvalue weighted by Crippen LogP contribution is -2.23. The smallest absolute Gasteiger partial charge is 0.141 e. The molecule has 15 heavy (non-hydrogen) atoms. The van der Waals surface area contributed by atoms with E-state index in [-0.39, 0.29) is 11.9 Å². The second kappa shape index (κ2) is 4.45. The van der Waals surface area contributed by atoms with Gasteiger partial charge in [-0.3, -0.25) is 4.90 Å². The van der Waals surface area contributed by atoms with Crippen LogP contribution in [0.15, 0.2) is 12.3 Å². The highest BCUT2D eigenvalue weighted by Crippen LogP contribution is 2.34. The van der Waals surface area contributed by atoms with Crippen LogP contribution in [0.1, 0.15) is 31.4 Å². The minimum Gasteiger partial charge on any atom is -0.296 e. The van der Waals surface area contributed by atoms with Gasteiger partial charge in [0.15, 0.2) is 0 Å². The number of nitrogens with zero attached hydrogens (tertiary/aromatic N) is 2. The molecule has 0 bridgehead atoms. The first kappa shape index (κ1) is 10.8. The maximum Gasteiger partial charge on any atom is 0.141 e. The Hall–Kier alpha value is -0.670. The van der Waals surface area contributed by atoms with Gasteiger partial charge in [-0.25, -0.2) is 9.37 Å². The summed E-state index contributed by atoms with van der Waals surface area (Å²) in [5, 5.41) is 0.432. The molecule has 1 aliphatic heterocycles. The molecule has 1 aromatic rings. The van der Waals surface area contributed by atoms with Crippen molar-refractivity contribution in [3.05, 3.63) is 28.8 Å². The van der Waals surface area contributed by atoms with Crippen LogP contribution in [0.3, 0.4) is 0 Å². The van der Waals surface area contributed by atoms with E-state index in [4.69, 9.17) is 11.6 Å². The van der Waals surface area contributed by atoms with Gasteiger partial charge in [-0.2, -0.15) is 0 Å². The molecule has 0 spiro atoms. The Bertz CT molecular complexity index is 356. The first-order valence-corrected chi connectivity index (χ1v) is 5.65. The molecular weight excluding hydrogens is 215 g/mol. The fraction of sp³-hybridized carbons (Fsp3) is 0.545. The van der Waals surface area contributed by atoms with Crippen LogP contribution in [-0.2, 0) is 0 Å². The van der Waals surface area contributed by atoms with Gasteiger partial charge in [-0.15, -0.1) is 0 Å². The van der Waals surface area contributed by atoms with Crippen LogP contribution in [0.2, 0.25) is 5.15 Å². The summed E-state index contributed by atoms with van der Waals surface area (Å²) in [5.41, 5.74) is 0.830. The van der Waals surface area contributed by atoms with Crippen LogP contribution in [0, 0.1) is 5.82 Å². The zero-order chi connectivity index (χ0) is 10.8. The van der Waals surface area contributed by atoms with Crippen molar-refractivity contribution < 1.29 is 4.39 Å². The van der Waals surface area contributed by atoms with Crippen molar-refractivity contribution in [3.63, 3.8) is 0 Å². The molecule has 2 nitrogen and oxygen atoms in total. The molecule has 1 atom stereocenters. The standard InChI is InChI=1S/C11H14ClFN2/c1-2-15-5-3-4-10(15)9-6-8(13)7-14-11(9)12/h6-7,10H,2-5H2,1H3. The first-order chi connectivity index (χ1) is 7.22. The van der Waals surface area contributed by atoms with E-state index in [1.165, 1.54) is 6.07 Å². The number of aromatic nitrogens is 1. The number of likely N-dealkylation sites (tertiary alicyclic amines) is 1. The molecular formula is C11H14ClFN2. The van der Waals surface area contributed by atoms with E-state index in [2.05, 4.69) is 16.8 Å². The Morgan fingerprint density at radius 2 is 2.47 bits per heavy atom. The fourth-order valence-corrected chi connectivity index (χ4v) is 2.46. The zero-order valence-electron chi connectivity index (χ0n) is 8.71. The molecule has 0 N–H and O–H groups in total. The molecule has 0 aliphatic carbocycles. The predicted octanol–water partition coefficient (Wildman–Crippen LogP) is 3.03. The Kier molecular flexibility index (Phi) is 3.22. The van der Waals surface area contributed by atoms with Gasteiger partial charge in [0.2, 0.25) is 0 Å². The molecule has 1 fully saturated rings. The van der Waals surface area contributed by atoms with Crippen molar-refractivity contribution in [1.29, 1.82) is 0 Å². The average Bonchev–Trinajstić information content (AvgIpc) is 2.69. The van der Waals surface area contributed by atoms with Crippen LogP contribution in [0.25, 0.3) is 0 Å². The molecule has 0 saturated carbocycles. The van der Waals surface area contributed by atoms with Crippen LogP contribution >= 0.6 is 11.6 Å². The third-order valence-corrected chi connectivity index (χ3v) is 3.28. The highest BCUT2D eigenvalue weighted by molar-refractivity contribution is 6.30. The number of rotatable bonds is 2. The van der Waals surface area contributed by atoms with Crippen molar-refractivity contribution in [2.75, 3.05) is 13.1 Å². The summed E-state index contributed by atoms with van der Waals surface area (Å²) in [6.45, 7) is 4.14. The summed E-state index contributed by atoms with van der Waals surface area (Å²) >= 11 is 5.99. The van der Waals surface area contributed by atoms with Crippen LogP contribution in [0.5, 0.6) is 0 Å². The van der Waals surface area contributed by atoms with E-state index in [1.54, 1.807) is 0 Å². The summed E-state index contributed by atoms with van der Waals surface area (Å²) in [6, 6.07) is 1.75. The summed E-state index contributed by atoms with van der Waals surface area (Å²) in [7, 11) is 0. The van der Waals surface area contributed by atoms with Gasteiger partial charge in [0.1, 0.15) is 11.0 Å². The normalized spacial score (nSPS) is 22.2. The van der Waals surface area contributed by atoms with Gasteiger partial charge in [-0.05, 0) is 32.0 Å². The van der Waals surface area contributed by atoms with E-state index in [0.29, 0.717) is 5.15 Å². The number of hydrogen-bond acceptors (Lipinski definition) is 2. The Morgan fingerprint density at radius 3 is 3.20 bits per heavy atom. The van der Waals surface area contributed by atoms with Crippen LogP contribution in [-0.4, -0.2) is 23.0 Å². The lowest BCUT2D eigenvalue weighted by Gasteiger charge is -2.23. The zero-order valence-corrected chi connectivity index (χ0v) is 9.47. The molecule has 2 rings (SSSR count). The quantitative estimate of drug-likeness (QED) is 0.724. The molecule has 2 heterocycles. The average molecular weight is 229 g/mol. The highest BCUT2D eigenvalue weighted by Gasteiger charge is 2.26. The topological polar surface area (TPSA) is 16.1 Å². The first-order valence-electron chi connectivity index (χ1n) is 5.27. The Balaban J connectivity index is 2.31. The minimum atomic E-state index is -0.308. The van der Waals surface area contributed by atoms with E-state index in [0.717, 1.165) is 37.7 Å². The van der Waals surface area contributed by atoms with Gasteiger partial charge < -0.3 is 0 Å². The Morgan fingerprint density at radius 1 is 1.67 bits per heavy atom. The van der Waals surface area contributed by atoms with E-state index in [1.807, 2.05) is 0 Å². The molecule has 1 aromatic heterocycles. The summed E-state index contributed by atoms with van der Waals surface area (Å²) < 4.78 is 13.1. The predicted molar refractivity (Wildman–Crippen MR) is 58.4 cm³/mol. The van der Waals surface area contributed by atoms with Gasteiger partial charge in [0.25, 0.3) is 0 Å². The number of pyridine rings is 1. The van der Waals surface area contributed by atoms with Gasteiger partial charge in [0, 0.05) is 11.6 Å². The molecule has 82 valence electrons. The van der Waals surface area contributed by atoms with Crippen molar-refractivity contribution in [2.24, 2.45) is 0 Å². The van der Waals surface area contributed by atoms with Gasteiger partial charge >= 0.3 is 0 Å². The van der Waals surface area contributed by atoms with Crippen LogP contribution in [0.4, 0.5) is 4.39 Å². The number of halogens is 2. The minimum absolute atomic E-state index is 0.241. The summed E-state index contributed by atoms with van der Waals surface area (Å²) in [6.07, 6.45) is 3.35. The van der Waals surface area contributed by atoms with E-state index < -0.39 is 0 Å². The number of hydrogen-bond donors (Lipinski definition) is 0. The maximum absolute atomic E-state index is 13.1. The van der Waals surface area contributed by atoms with Gasteiger partial charge in [0.05, 0.1) is 6.20 Å². The van der Waals surface area contributed by atoms with Crippen LogP contribution < -0.4 is 0 Å². The summed E-state index contributed by atoms with van der Waals surface area (Å²) in [4.78, 5) is 6.16. The maximum atomic E-state index is 13.1. The van der Waals surface area contributed by atoms with Crippen molar-refractivity contribution in [1.82, 2.24) is 9.88 Å². The molecule has 4 heteroatoms. The lowest BCUT2D eigenvalue weighted by atomic mass is 10.1. The molecule has 1 unspecified atom stereocenters. The van der Waals surface area contributed by atoms with Crippen molar-refractivity contribution in [2.45, 2.75) is 25.8 Å². The largest absolute Gasteiger partial charge is 0.296 e. The van der Waals surface area contributed by atoms with E-state index in [9.17, 15) is 4.39 Å². The van der Waals surface area contributed by atoms with Crippen molar-refractivity contribution in [3.8, 4) is 0 Å². The molecule has 1 saturated heterocycles. The third-order valence-electron chi connectivity index (χ3n) is 2.96. The SMILES string of the molecule is CCN1CCCC1c1cc(F)cnc1Cl. The van der Waals surface area contributed by atoms with Crippen molar-refractivity contribution >= 4 is 11.6 Å². The Labute approximate surface area is 94.1 Å². The summed E-state index contributed by atoms with van der Waals surface area (Å²) in [5.74, 6) is -0.308. The molecule has 0 aromatic carbocycles. The second-order valence-electron chi connectivity index (χ2n) is 3.82. The fourth-order valence-electron chi connectivity index (χ4n) is 2.23. The lowest BCUT2D eigenvalue weighted by molar-refractivity contribution is 0.270. The molecule has 0 radical (unpaired) electrons. The highest BCUT2D eigenvalue weighted by atomic mass is 35.5. The van der Waals surface area contributed by atoms with E-state index >= 15 is 0 Å². The molecule has 0 amide bonds. The monoisotopic (exact) mass is 228 g/mol. The third kappa shape index (κ3) is 2.13.